The molecule has 31 heavy (non-hydrogen) atoms. The van der Waals surface area contributed by atoms with E-state index in [1.165, 1.54) is 0 Å². The quantitative estimate of drug-likeness (QED) is 0.650. The second-order valence-corrected chi connectivity index (χ2v) is 8.96. The number of anilines is 1. The van der Waals surface area contributed by atoms with Gasteiger partial charge < -0.3 is 9.88 Å². The summed E-state index contributed by atoms with van der Waals surface area (Å²) in [5, 5.41) is 2.59. The molecule has 8 nitrogen and oxygen atoms in total. The van der Waals surface area contributed by atoms with Gasteiger partial charge >= 0.3 is 6.18 Å². The number of piperidine rings is 1. The zero-order chi connectivity index (χ0) is 23.0. The summed E-state index contributed by atoms with van der Waals surface area (Å²) >= 11 is 0. The smallest absolute Gasteiger partial charge is 0.348 e. The molecule has 3 rings (SSSR count). The molecule has 0 spiro atoms. The van der Waals surface area contributed by atoms with Crippen molar-refractivity contribution in [1.29, 1.82) is 0 Å². The number of sulfonamides is 1. The molecule has 0 aromatic carbocycles. The van der Waals surface area contributed by atoms with Crippen LogP contribution in [-0.2, 0) is 22.7 Å². The zero-order valence-electron chi connectivity index (χ0n) is 16.0. The Morgan fingerprint density at radius 2 is 2.00 bits per heavy atom. The average molecular weight is 472 g/mol. The Balaban J connectivity index is 1.86. The maximum atomic E-state index is 14.4. The fourth-order valence-electron chi connectivity index (χ4n) is 3.10. The van der Waals surface area contributed by atoms with Crippen molar-refractivity contribution in [3.05, 3.63) is 24.3 Å². The van der Waals surface area contributed by atoms with Crippen LogP contribution in [-0.4, -0.2) is 70.2 Å². The molecule has 15 heteroatoms. The molecule has 0 bridgehead atoms. The Kier molecular flexibility index (Phi) is 6.45. The van der Waals surface area contributed by atoms with Crippen LogP contribution in [0.25, 0.3) is 11.4 Å². The van der Waals surface area contributed by atoms with E-state index in [-0.39, 0.29) is 24.6 Å². The molecule has 172 valence electrons. The predicted octanol–water partition coefficient (Wildman–Crippen LogP) is 2.41. The molecule has 0 aliphatic carbocycles. The minimum absolute atomic E-state index is 0.0163. The second-order valence-electron chi connectivity index (χ2n) is 6.98. The third-order valence-corrected chi connectivity index (χ3v) is 5.88. The Hall–Kier alpha value is -2.42. The van der Waals surface area contributed by atoms with Gasteiger partial charge in [-0.3, -0.25) is 0 Å². The summed E-state index contributed by atoms with van der Waals surface area (Å²) in [6.07, 6.45) is -5.79. The van der Waals surface area contributed by atoms with Crippen LogP contribution >= 0.6 is 0 Å². The minimum atomic E-state index is -4.84. The number of hydrogen-bond donors (Lipinski definition) is 1. The molecule has 0 radical (unpaired) electrons. The van der Waals surface area contributed by atoms with Crippen molar-refractivity contribution in [2.45, 2.75) is 37.8 Å². The van der Waals surface area contributed by atoms with Crippen LogP contribution in [0, 0.1) is 0 Å². The molecule has 2 aromatic rings. The molecule has 1 saturated heterocycles. The highest BCUT2D eigenvalue weighted by molar-refractivity contribution is 7.88. The van der Waals surface area contributed by atoms with E-state index in [0.29, 0.717) is 6.20 Å². The van der Waals surface area contributed by atoms with E-state index in [0.717, 1.165) is 27.7 Å². The maximum Gasteiger partial charge on any atom is 0.420 e. The van der Waals surface area contributed by atoms with Gasteiger partial charge in [-0.1, -0.05) is 0 Å². The van der Waals surface area contributed by atoms with Crippen LogP contribution in [0.4, 0.5) is 32.3 Å². The van der Waals surface area contributed by atoms with E-state index in [4.69, 9.17) is 0 Å². The van der Waals surface area contributed by atoms with Crippen molar-refractivity contribution in [2.24, 2.45) is 0 Å². The highest BCUT2D eigenvalue weighted by atomic mass is 32.2. The first-order chi connectivity index (χ1) is 14.3. The van der Waals surface area contributed by atoms with Crippen LogP contribution in [0.5, 0.6) is 0 Å². The van der Waals surface area contributed by atoms with Crippen molar-refractivity contribution in [2.75, 3.05) is 24.7 Å². The summed E-state index contributed by atoms with van der Waals surface area (Å²) in [7, 11) is -3.58. The van der Waals surface area contributed by atoms with Crippen LogP contribution in [0.1, 0.15) is 12.0 Å². The SMILES string of the molecule is CS(=O)(=O)N1CC[C@H](Nc2ncc(C(F)(F)F)c(-c3cn(CC(F)F)cn3)n2)[C@H](F)C1. The van der Waals surface area contributed by atoms with Gasteiger partial charge in [0, 0.05) is 25.5 Å². The number of aromatic nitrogens is 4. The van der Waals surface area contributed by atoms with E-state index < -0.39 is 59.2 Å². The summed E-state index contributed by atoms with van der Waals surface area (Å²) in [6.45, 7) is -1.16. The minimum Gasteiger partial charge on any atom is -0.348 e. The highest BCUT2D eigenvalue weighted by Gasteiger charge is 2.37. The average Bonchev–Trinajstić information content (AvgIpc) is 3.09. The van der Waals surface area contributed by atoms with E-state index in [2.05, 4.69) is 20.3 Å². The van der Waals surface area contributed by atoms with Crippen LogP contribution in [0.15, 0.2) is 18.7 Å². The number of halogens is 6. The van der Waals surface area contributed by atoms with Crippen LogP contribution in [0.2, 0.25) is 0 Å². The van der Waals surface area contributed by atoms with Gasteiger partial charge in [0.2, 0.25) is 16.0 Å². The third-order valence-electron chi connectivity index (χ3n) is 4.61. The monoisotopic (exact) mass is 472 g/mol. The van der Waals surface area contributed by atoms with Gasteiger partial charge in [0.15, 0.2) is 0 Å². The zero-order valence-corrected chi connectivity index (χ0v) is 16.8. The van der Waals surface area contributed by atoms with Gasteiger partial charge in [0.1, 0.15) is 23.1 Å². The molecule has 1 N–H and O–H groups in total. The molecule has 3 heterocycles. The number of imidazole rings is 1. The third kappa shape index (κ3) is 5.64. The summed E-state index contributed by atoms with van der Waals surface area (Å²) in [4.78, 5) is 11.1. The van der Waals surface area contributed by atoms with E-state index in [1.807, 2.05) is 0 Å². The topological polar surface area (TPSA) is 93.0 Å². The standard InChI is InChI=1S/C16H18F6N6O2S/c1-31(29,30)28-3-2-11(10(17)5-28)25-15-23-4-9(16(20,21)22)14(26-15)12-6-27(8-24-12)7-13(18)19/h4,6,8,10-11,13H,2-3,5,7H2,1H3,(H,23,25,26)/t10-,11+/m1/s1. The number of alkyl halides is 6. The second kappa shape index (κ2) is 8.61. The van der Waals surface area contributed by atoms with Gasteiger partial charge in [-0.25, -0.2) is 36.5 Å². The lowest BCUT2D eigenvalue weighted by Gasteiger charge is -2.33. The molecule has 0 unspecified atom stereocenters. The molecule has 2 atom stereocenters. The molecular formula is C16H18F6N6O2S. The summed E-state index contributed by atoms with van der Waals surface area (Å²) in [5.41, 5.74) is -2.19. The van der Waals surface area contributed by atoms with Crippen molar-refractivity contribution in [3.63, 3.8) is 0 Å². The molecule has 0 amide bonds. The fraction of sp³-hybridized carbons (Fsp3) is 0.562. The lowest BCUT2D eigenvalue weighted by atomic mass is 10.1. The van der Waals surface area contributed by atoms with E-state index >= 15 is 0 Å². The first-order valence-corrected chi connectivity index (χ1v) is 10.8. The van der Waals surface area contributed by atoms with Gasteiger partial charge in [0.25, 0.3) is 6.43 Å². The first kappa shape index (κ1) is 23.2. The Morgan fingerprint density at radius 3 is 2.58 bits per heavy atom. The molecule has 2 aromatic heterocycles. The molecule has 1 aliphatic heterocycles. The number of nitrogens with one attached hydrogen (secondary N) is 1. The van der Waals surface area contributed by atoms with Crippen LogP contribution < -0.4 is 5.32 Å². The number of nitrogens with zero attached hydrogens (tertiary/aromatic N) is 5. The fourth-order valence-corrected chi connectivity index (χ4v) is 3.95. The van der Waals surface area contributed by atoms with Crippen LogP contribution in [0.3, 0.4) is 0 Å². The van der Waals surface area contributed by atoms with Crippen molar-refractivity contribution in [1.82, 2.24) is 23.8 Å². The van der Waals surface area contributed by atoms with Gasteiger partial charge in [0.05, 0.1) is 25.2 Å². The van der Waals surface area contributed by atoms with Gasteiger partial charge in [-0.2, -0.15) is 17.5 Å². The highest BCUT2D eigenvalue weighted by Crippen LogP contribution is 2.35. The Morgan fingerprint density at radius 1 is 1.29 bits per heavy atom. The van der Waals surface area contributed by atoms with Gasteiger partial charge in [-0.05, 0) is 6.42 Å². The molecule has 0 saturated carbocycles. The molecular weight excluding hydrogens is 454 g/mol. The first-order valence-electron chi connectivity index (χ1n) is 8.95. The van der Waals surface area contributed by atoms with Crippen molar-refractivity contribution >= 4 is 16.0 Å². The van der Waals surface area contributed by atoms with Crippen molar-refractivity contribution in [3.8, 4) is 11.4 Å². The molecule has 1 aliphatic rings. The summed E-state index contributed by atoms with van der Waals surface area (Å²) in [5.74, 6) is -0.327. The largest absolute Gasteiger partial charge is 0.420 e. The normalized spacial score (nSPS) is 20.9. The summed E-state index contributed by atoms with van der Waals surface area (Å²) in [6, 6.07) is -0.932. The lowest BCUT2D eigenvalue weighted by molar-refractivity contribution is -0.137. The van der Waals surface area contributed by atoms with Gasteiger partial charge in [-0.15, -0.1) is 0 Å². The molecule has 1 fully saturated rings. The predicted molar refractivity (Wildman–Crippen MR) is 97.6 cm³/mol. The Labute approximate surface area is 173 Å². The van der Waals surface area contributed by atoms with Crippen molar-refractivity contribution < 1.29 is 34.8 Å². The lowest BCUT2D eigenvalue weighted by Crippen LogP contribution is -2.49. The van der Waals surface area contributed by atoms with E-state index in [9.17, 15) is 34.8 Å². The summed E-state index contributed by atoms with van der Waals surface area (Å²) < 4.78 is 105. The number of hydrogen-bond acceptors (Lipinski definition) is 6. The number of rotatable bonds is 6. The maximum absolute atomic E-state index is 14.4. The van der Waals surface area contributed by atoms with E-state index in [1.54, 1.807) is 0 Å². The Bertz CT molecular complexity index is 1030.